The van der Waals surface area contributed by atoms with E-state index >= 15 is 0 Å². The summed E-state index contributed by atoms with van der Waals surface area (Å²) in [6.07, 6.45) is 8.86. The van der Waals surface area contributed by atoms with E-state index in [0.717, 1.165) is 22.2 Å². The summed E-state index contributed by atoms with van der Waals surface area (Å²) in [5, 5.41) is 0. The molecule has 0 fully saturated rings. The van der Waals surface area contributed by atoms with Crippen molar-refractivity contribution in [3.8, 4) is 5.75 Å². The Kier molecular flexibility index (Phi) is 8.15. The SMILES string of the molecule is CCCCCCCCC(N)c1ccc(Br)cc1OC. The van der Waals surface area contributed by atoms with Gasteiger partial charge in [0.15, 0.2) is 0 Å². The Morgan fingerprint density at radius 1 is 1.16 bits per heavy atom. The van der Waals surface area contributed by atoms with Gasteiger partial charge in [0.1, 0.15) is 5.75 Å². The normalized spacial score (nSPS) is 12.4. The fourth-order valence-corrected chi connectivity index (χ4v) is 2.63. The van der Waals surface area contributed by atoms with Gasteiger partial charge in [-0.05, 0) is 18.6 Å². The van der Waals surface area contributed by atoms with Crippen LogP contribution in [0.5, 0.6) is 5.75 Å². The van der Waals surface area contributed by atoms with E-state index in [9.17, 15) is 0 Å². The molecule has 2 N–H and O–H groups in total. The van der Waals surface area contributed by atoms with Gasteiger partial charge in [-0.3, -0.25) is 0 Å². The van der Waals surface area contributed by atoms with E-state index in [0.29, 0.717) is 0 Å². The summed E-state index contributed by atoms with van der Waals surface area (Å²) < 4.78 is 6.42. The minimum Gasteiger partial charge on any atom is -0.496 e. The molecule has 0 heterocycles. The van der Waals surface area contributed by atoms with E-state index < -0.39 is 0 Å². The molecule has 1 aromatic rings. The second kappa shape index (κ2) is 9.38. The molecule has 0 amide bonds. The Morgan fingerprint density at radius 2 is 1.84 bits per heavy atom. The second-order valence-electron chi connectivity index (χ2n) is 5.05. The van der Waals surface area contributed by atoms with Crippen molar-refractivity contribution >= 4 is 15.9 Å². The molecule has 1 unspecified atom stereocenters. The molecule has 1 rings (SSSR count). The highest BCUT2D eigenvalue weighted by Crippen LogP contribution is 2.29. The second-order valence-corrected chi connectivity index (χ2v) is 5.96. The lowest BCUT2D eigenvalue weighted by Gasteiger charge is -2.16. The highest BCUT2D eigenvalue weighted by atomic mass is 79.9. The third kappa shape index (κ3) is 5.96. The summed E-state index contributed by atoms with van der Waals surface area (Å²) >= 11 is 3.45. The molecule has 0 radical (unpaired) electrons. The predicted octanol–water partition coefficient (Wildman–Crippen LogP) is 5.21. The van der Waals surface area contributed by atoms with Crippen LogP contribution in [0.1, 0.15) is 63.5 Å². The molecule has 3 heteroatoms. The van der Waals surface area contributed by atoms with Gasteiger partial charge in [-0.2, -0.15) is 0 Å². The summed E-state index contributed by atoms with van der Waals surface area (Å²) in [6.45, 7) is 2.25. The van der Waals surface area contributed by atoms with Crippen LogP contribution in [0.25, 0.3) is 0 Å². The molecule has 1 aromatic carbocycles. The molecule has 19 heavy (non-hydrogen) atoms. The maximum Gasteiger partial charge on any atom is 0.124 e. The number of ether oxygens (including phenoxy) is 1. The van der Waals surface area contributed by atoms with Crippen LogP contribution in [0.4, 0.5) is 0 Å². The van der Waals surface area contributed by atoms with Gasteiger partial charge in [-0.15, -0.1) is 0 Å². The molecule has 0 aliphatic heterocycles. The quantitative estimate of drug-likeness (QED) is 0.632. The molecule has 0 aromatic heterocycles. The number of nitrogens with two attached hydrogens (primary N) is 1. The first-order chi connectivity index (χ1) is 9.19. The van der Waals surface area contributed by atoms with E-state index in [1.54, 1.807) is 7.11 Å². The number of methoxy groups -OCH3 is 1. The lowest BCUT2D eigenvalue weighted by Crippen LogP contribution is -2.11. The van der Waals surface area contributed by atoms with Crippen LogP contribution in [-0.4, -0.2) is 7.11 Å². The van der Waals surface area contributed by atoms with Crippen molar-refractivity contribution in [2.75, 3.05) is 7.11 Å². The van der Waals surface area contributed by atoms with Gasteiger partial charge < -0.3 is 10.5 Å². The molecule has 2 nitrogen and oxygen atoms in total. The molecule has 0 aliphatic rings. The molecule has 108 valence electrons. The zero-order chi connectivity index (χ0) is 14.1. The van der Waals surface area contributed by atoms with Gasteiger partial charge in [0.25, 0.3) is 0 Å². The largest absolute Gasteiger partial charge is 0.496 e. The lowest BCUT2D eigenvalue weighted by molar-refractivity contribution is 0.402. The molecular weight excluding hydrogens is 302 g/mol. The average Bonchev–Trinajstić information content (AvgIpc) is 2.42. The zero-order valence-corrected chi connectivity index (χ0v) is 13.7. The third-order valence-electron chi connectivity index (χ3n) is 3.46. The van der Waals surface area contributed by atoms with Crippen LogP contribution in [0.2, 0.25) is 0 Å². The topological polar surface area (TPSA) is 35.2 Å². The first-order valence-corrected chi connectivity index (χ1v) is 8.07. The maximum atomic E-state index is 6.27. The fourth-order valence-electron chi connectivity index (χ4n) is 2.29. The molecule has 0 saturated carbocycles. The number of halogens is 1. The molecule has 0 bridgehead atoms. The number of unbranched alkanes of at least 4 members (excludes halogenated alkanes) is 5. The number of hydrogen-bond acceptors (Lipinski definition) is 2. The van der Waals surface area contributed by atoms with E-state index in [4.69, 9.17) is 10.5 Å². The van der Waals surface area contributed by atoms with Crippen LogP contribution in [-0.2, 0) is 0 Å². The maximum absolute atomic E-state index is 6.27. The van der Waals surface area contributed by atoms with Crippen LogP contribution in [0.15, 0.2) is 22.7 Å². The van der Waals surface area contributed by atoms with Gasteiger partial charge in [-0.1, -0.05) is 67.4 Å². The lowest BCUT2D eigenvalue weighted by atomic mass is 9.99. The van der Waals surface area contributed by atoms with Crippen LogP contribution >= 0.6 is 15.9 Å². The summed E-state index contributed by atoms with van der Waals surface area (Å²) in [6, 6.07) is 6.15. The molecule has 0 saturated heterocycles. The number of benzene rings is 1. The smallest absolute Gasteiger partial charge is 0.124 e. The van der Waals surface area contributed by atoms with Gasteiger partial charge >= 0.3 is 0 Å². The van der Waals surface area contributed by atoms with Crippen molar-refractivity contribution in [3.05, 3.63) is 28.2 Å². The Morgan fingerprint density at radius 3 is 2.53 bits per heavy atom. The van der Waals surface area contributed by atoms with Gasteiger partial charge in [0, 0.05) is 16.1 Å². The minimum atomic E-state index is 0.0780. The standard InChI is InChI=1S/C16H26BrNO/c1-3-4-5-6-7-8-9-15(18)14-11-10-13(17)12-16(14)19-2/h10-12,15H,3-9,18H2,1-2H3. The molecular formula is C16H26BrNO. The molecule has 0 aliphatic carbocycles. The van der Waals surface area contributed by atoms with E-state index in [1.165, 1.54) is 38.5 Å². The summed E-state index contributed by atoms with van der Waals surface area (Å²) in [4.78, 5) is 0. The highest BCUT2D eigenvalue weighted by molar-refractivity contribution is 9.10. The van der Waals surface area contributed by atoms with Crippen molar-refractivity contribution in [2.24, 2.45) is 5.73 Å². The van der Waals surface area contributed by atoms with E-state index in [-0.39, 0.29) is 6.04 Å². The predicted molar refractivity (Wildman–Crippen MR) is 85.6 cm³/mol. The van der Waals surface area contributed by atoms with Crippen molar-refractivity contribution in [1.29, 1.82) is 0 Å². The fraction of sp³-hybridized carbons (Fsp3) is 0.625. The summed E-state index contributed by atoms with van der Waals surface area (Å²) in [7, 11) is 1.70. The van der Waals surface area contributed by atoms with Gasteiger partial charge in [-0.25, -0.2) is 0 Å². The molecule has 1 atom stereocenters. The van der Waals surface area contributed by atoms with Crippen molar-refractivity contribution < 1.29 is 4.74 Å². The Bertz CT molecular complexity index is 368. The average molecular weight is 328 g/mol. The van der Waals surface area contributed by atoms with Crippen molar-refractivity contribution in [2.45, 2.75) is 57.9 Å². The van der Waals surface area contributed by atoms with Gasteiger partial charge in [0.05, 0.1) is 7.11 Å². The Labute approximate surface area is 125 Å². The Hall–Kier alpha value is -0.540. The third-order valence-corrected chi connectivity index (χ3v) is 3.96. The van der Waals surface area contributed by atoms with Crippen molar-refractivity contribution in [1.82, 2.24) is 0 Å². The first kappa shape index (κ1) is 16.5. The zero-order valence-electron chi connectivity index (χ0n) is 12.1. The van der Waals surface area contributed by atoms with Gasteiger partial charge in [0.2, 0.25) is 0 Å². The first-order valence-electron chi connectivity index (χ1n) is 7.28. The Balaban J connectivity index is 2.38. The van der Waals surface area contributed by atoms with Crippen LogP contribution in [0.3, 0.4) is 0 Å². The van der Waals surface area contributed by atoms with Crippen molar-refractivity contribution in [3.63, 3.8) is 0 Å². The highest BCUT2D eigenvalue weighted by Gasteiger charge is 2.11. The number of hydrogen-bond donors (Lipinski definition) is 1. The molecule has 0 spiro atoms. The van der Waals surface area contributed by atoms with Crippen LogP contribution in [0, 0.1) is 0 Å². The number of rotatable bonds is 9. The van der Waals surface area contributed by atoms with Crippen LogP contribution < -0.4 is 10.5 Å². The monoisotopic (exact) mass is 327 g/mol. The summed E-state index contributed by atoms with van der Waals surface area (Å²) in [5.74, 6) is 0.882. The van der Waals surface area contributed by atoms with E-state index in [1.807, 2.05) is 12.1 Å². The minimum absolute atomic E-state index is 0.0780. The van der Waals surface area contributed by atoms with E-state index in [2.05, 4.69) is 28.9 Å². The summed E-state index contributed by atoms with van der Waals surface area (Å²) in [5.41, 5.74) is 7.38.